The van der Waals surface area contributed by atoms with Crippen molar-refractivity contribution in [2.75, 3.05) is 14.1 Å². The summed E-state index contributed by atoms with van der Waals surface area (Å²) in [6, 6.07) is 10.9. The molecule has 0 bridgehead atoms. The molecular weight excluding hydrogens is 236 g/mol. The van der Waals surface area contributed by atoms with Crippen molar-refractivity contribution in [3.63, 3.8) is 0 Å². The first-order chi connectivity index (χ1) is 9.01. The summed E-state index contributed by atoms with van der Waals surface area (Å²) in [5.74, 6) is 0. The van der Waals surface area contributed by atoms with Gasteiger partial charge in [0.1, 0.15) is 12.3 Å². The summed E-state index contributed by atoms with van der Waals surface area (Å²) < 4.78 is 0.628. The number of nitrogens with zero attached hydrogens (tertiary/aromatic N) is 1. The molecule has 0 spiro atoms. The quantitative estimate of drug-likeness (QED) is 0.353. The second-order valence-electron chi connectivity index (χ2n) is 5.39. The minimum Gasteiger partial charge on any atom is -0.298 e. The standard InChI is InChI=1S/C16H24N2O/c1-5-9-16(15-10-7-6-8-11-15)18(3,4)17-12-14(2)13-19/h6-8,10-13,16H,5,9H2,1-4H3/p+1. The zero-order chi connectivity index (χ0) is 14.3. The zero-order valence-corrected chi connectivity index (χ0v) is 12.4. The molecule has 3 nitrogen and oxygen atoms in total. The van der Waals surface area contributed by atoms with E-state index in [0.717, 1.165) is 19.1 Å². The van der Waals surface area contributed by atoms with Crippen LogP contribution in [0.5, 0.6) is 0 Å². The SMILES string of the molecule is CCCC(c1ccccc1)[N+](C)(C)NC=C(C)C=O. The van der Waals surface area contributed by atoms with Gasteiger partial charge >= 0.3 is 0 Å². The van der Waals surface area contributed by atoms with Gasteiger partial charge in [-0.15, -0.1) is 0 Å². The highest BCUT2D eigenvalue weighted by Crippen LogP contribution is 2.27. The first-order valence-corrected chi connectivity index (χ1v) is 6.79. The summed E-state index contributed by atoms with van der Waals surface area (Å²) in [6.45, 7) is 4.00. The maximum absolute atomic E-state index is 10.7. The molecule has 1 rings (SSSR count). The minimum atomic E-state index is 0.363. The molecule has 0 aliphatic heterocycles. The highest BCUT2D eigenvalue weighted by Gasteiger charge is 2.28. The number of carbonyl (C=O) groups excluding carboxylic acids is 1. The third-order valence-corrected chi connectivity index (χ3v) is 3.34. The van der Waals surface area contributed by atoms with Crippen molar-refractivity contribution >= 4 is 6.29 Å². The van der Waals surface area contributed by atoms with Crippen LogP contribution in [0.4, 0.5) is 0 Å². The van der Waals surface area contributed by atoms with Crippen molar-refractivity contribution in [2.24, 2.45) is 0 Å². The molecule has 1 unspecified atom stereocenters. The third-order valence-electron chi connectivity index (χ3n) is 3.34. The van der Waals surface area contributed by atoms with Crippen molar-refractivity contribution in [3.05, 3.63) is 47.7 Å². The maximum atomic E-state index is 10.7. The molecule has 1 aromatic rings. The van der Waals surface area contributed by atoms with Crippen molar-refractivity contribution in [1.82, 2.24) is 5.43 Å². The number of benzene rings is 1. The fraction of sp³-hybridized carbons (Fsp3) is 0.438. The average Bonchev–Trinajstić information content (AvgIpc) is 2.43. The van der Waals surface area contributed by atoms with Gasteiger partial charge in [-0.3, -0.25) is 4.79 Å². The topological polar surface area (TPSA) is 29.1 Å². The molecule has 0 amide bonds. The highest BCUT2D eigenvalue weighted by atomic mass is 16.1. The van der Waals surface area contributed by atoms with Gasteiger partial charge in [0.15, 0.2) is 0 Å². The highest BCUT2D eigenvalue weighted by molar-refractivity contribution is 5.71. The molecule has 19 heavy (non-hydrogen) atoms. The van der Waals surface area contributed by atoms with E-state index in [9.17, 15) is 4.79 Å². The van der Waals surface area contributed by atoms with Gasteiger partial charge in [-0.05, 0) is 6.92 Å². The van der Waals surface area contributed by atoms with E-state index in [2.05, 4.69) is 50.7 Å². The Kier molecular flexibility index (Phi) is 5.77. The first kappa shape index (κ1) is 15.4. The minimum absolute atomic E-state index is 0.363. The predicted molar refractivity (Wildman–Crippen MR) is 79.2 cm³/mol. The third kappa shape index (κ3) is 4.52. The summed E-state index contributed by atoms with van der Waals surface area (Å²) in [5, 5.41) is 0. The molecule has 0 saturated carbocycles. The Labute approximate surface area is 116 Å². The summed E-state index contributed by atoms with van der Waals surface area (Å²) in [6.07, 6.45) is 4.88. The number of rotatable bonds is 7. The van der Waals surface area contributed by atoms with Gasteiger partial charge in [-0.1, -0.05) is 43.7 Å². The van der Waals surface area contributed by atoms with Crippen molar-refractivity contribution in [3.8, 4) is 0 Å². The molecule has 0 saturated heterocycles. The molecule has 0 aromatic heterocycles. The summed E-state index contributed by atoms with van der Waals surface area (Å²) >= 11 is 0. The Bertz CT molecular complexity index is 424. The van der Waals surface area contributed by atoms with Crippen LogP contribution in [-0.2, 0) is 4.79 Å². The van der Waals surface area contributed by atoms with E-state index in [-0.39, 0.29) is 0 Å². The Hall–Kier alpha value is -1.61. The number of carbonyl (C=O) groups is 1. The van der Waals surface area contributed by atoms with Crippen LogP contribution < -0.4 is 5.43 Å². The zero-order valence-electron chi connectivity index (χ0n) is 12.4. The van der Waals surface area contributed by atoms with E-state index in [1.807, 2.05) is 6.07 Å². The van der Waals surface area contributed by atoms with Crippen molar-refractivity contribution in [1.29, 1.82) is 0 Å². The molecule has 1 atom stereocenters. The van der Waals surface area contributed by atoms with Gasteiger partial charge < -0.3 is 0 Å². The largest absolute Gasteiger partial charge is 0.298 e. The van der Waals surface area contributed by atoms with Gasteiger partial charge in [0.05, 0.1) is 20.3 Å². The van der Waals surface area contributed by atoms with Gasteiger partial charge in [0.25, 0.3) is 0 Å². The summed E-state index contributed by atoms with van der Waals surface area (Å²) in [5.41, 5.74) is 5.36. The van der Waals surface area contributed by atoms with E-state index in [1.54, 1.807) is 13.1 Å². The Morgan fingerprint density at radius 1 is 1.32 bits per heavy atom. The summed E-state index contributed by atoms with van der Waals surface area (Å²) in [7, 11) is 4.25. The molecule has 1 N–H and O–H groups in total. The van der Waals surface area contributed by atoms with Crippen LogP contribution in [0.25, 0.3) is 0 Å². The van der Waals surface area contributed by atoms with Gasteiger partial charge in [-0.25, -0.2) is 10.0 Å². The number of aldehydes is 1. The molecule has 0 fully saturated rings. The molecule has 1 aromatic carbocycles. The fourth-order valence-electron chi connectivity index (χ4n) is 2.20. The molecule has 3 heteroatoms. The molecule has 0 heterocycles. The molecular formula is C16H25N2O+. The first-order valence-electron chi connectivity index (χ1n) is 6.79. The Morgan fingerprint density at radius 3 is 2.47 bits per heavy atom. The Balaban J connectivity index is 2.94. The number of quaternary nitrogens is 1. The van der Waals surface area contributed by atoms with Crippen LogP contribution in [-0.4, -0.2) is 25.0 Å². The Morgan fingerprint density at radius 2 is 1.95 bits per heavy atom. The number of allylic oxidation sites excluding steroid dienone is 1. The van der Waals surface area contributed by atoms with E-state index in [1.165, 1.54) is 5.56 Å². The lowest BCUT2D eigenvalue weighted by atomic mass is 10.0. The predicted octanol–water partition coefficient (Wildman–Crippen LogP) is 3.21. The monoisotopic (exact) mass is 261 g/mol. The second kappa shape index (κ2) is 7.10. The van der Waals surface area contributed by atoms with E-state index >= 15 is 0 Å². The van der Waals surface area contributed by atoms with E-state index < -0.39 is 0 Å². The van der Waals surface area contributed by atoms with Crippen LogP contribution in [0.2, 0.25) is 0 Å². The fourth-order valence-corrected chi connectivity index (χ4v) is 2.20. The van der Waals surface area contributed by atoms with Crippen LogP contribution in [0.3, 0.4) is 0 Å². The molecule has 104 valence electrons. The normalized spacial score (nSPS) is 14.0. The van der Waals surface area contributed by atoms with Gasteiger partial charge in [0.2, 0.25) is 0 Å². The second-order valence-corrected chi connectivity index (χ2v) is 5.39. The number of hydrogen-bond donors (Lipinski definition) is 1. The molecule has 0 aliphatic rings. The van der Waals surface area contributed by atoms with Crippen molar-refractivity contribution in [2.45, 2.75) is 32.7 Å². The van der Waals surface area contributed by atoms with Gasteiger partial charge in [-0.2, -0.15) is 0 Å². The lowest BCUT2D eigenvalue weighted by Gasteiger charge is -2.37. The lowest BCUT2D eigenvalue weighted by molar-refractivity contribution is -0.958. The van der Waals surface area contributed by atoms with Crippen LogP contribution >= 0.6 is 0 Å². The number of hydrogen-bond acceptors (Lipinski definition) is 2. The van der Waals surface area contributed by atoms with E-state index in [4.69, 9.17) is 0 Å². The molecule has 0 aliphatic carbocycles. The van der Waals surface area contributed by atoms with Crippen LogP contribution in [0.15, 0.2) is 42.1 Å². The van der Waals surface area contributed by atoms with Gasteiger partial charge in [0, 0.05) is 17.6 Å². The van der Waals surface area contributed by atoms with Crippen molar-refractivity contribution < 1.29 is 9.39 Å². The van der Waals surface area contributed by atoms with Crippen LogP contribution in [0, 0.1) is 0 Å². The summed E-state index contributed by atoms with van der Waals surface area (Å²) in [4.78, 5) is 10.7. The number of nitrogens with one attached hydrogen (secondary N) is 1. The molecule has 0 radical (unpaired) electrons. The smallest absolute Gasteiger partial charge is 0.147 e. The van der Waals surface area contributed by atoms with E-state index in [0.29, 0.717) is 16.2 Å². The average molecular weight is 261 g/mol. The maximum Gasteiger partial charge on any atom is 0.147 e. The lowest BCUT2D eigenvalue weighted by Crippen LogP contribution is -2.51. The van der Waals surface area contributed by atoms with Crippen LogP contribution in [0.1, 0.15) is 38.3 Å².